The van der Waals surface area contributed by atoms with Crippen LogP contribution < -0.4 is 15.0 Å². The molecular weight excluding hydrogens is 601 g/mol. The number of nitrogens with zero attached hydrogens (tertiary/aromatic N) is 3. The third-order valence-corrected chi connectivity index (χ3v) is 7.34. The van der Waals surface area contributed by atoms with Crippen molar-refractivity contribution < 1.29 is 9.47 Å². The highest BCUT2D eigenvalue weighted by Crippen LogP contribution is 2.37. The largest absolute Gasteiger partial charge is 0.493 e. The SMILES string of the molecule is CC[C@@H](C)c1nc2ccc(Br)cc2c(=O)n1N=Cc1cc(Cl)c(OCc2ccc(Cl)c(Cl)c2)c(OC)c1. The van der Waals surface area contributed by atoms with Crippen molar-refractivity contribution in [1.29, 1.82) is 0 Å². The van der Waals surface area contributed by atoms with Crippen LogP contribution in [-0.2, 0) is 6.61 Å². The molecule has 0 radical (unpaired) electrons. The number of hydrogen-bond donors (Lipinski definition) is 0. The summed E-state index contributed by atoms with van der Waals surface area (Å²) in [6, 6.07) is 14.1. The zero-order valence-electron chi connectivity index (χ0n) is 20.3. The van der Waals surface area contributed by atoms with Crippen LogP contribution in [0.15, 0.2) is 62.9 Å². The van der Waals surface area contributed by atoms with Crippen molar-refractivity contribution in [3.05, 3.63) is 95.4 Å². The Morgan fingerprint density at radius 3 is 2.57 bits per heavy atom. The van der Waals surface area contributed by atoms with Gasteiger partial charge in [-0.25, -0.2) is 4.98 Å². The fourth-order valence-corrected chi connectivity index (χ4v) is 4.60. The Bertz CT molecular complexity index is 1560. The number of halogens is 4. The zero-order chi connectivity index (χ0) is 26.7. The van der Waals surface area contributed by atoms with Crippen molar-refractivity contribution in [3.63, 3.8) is 0 Å². The van der Waals surface area contributed by atoms with Crippen molar-refractivity contribution in [2.75, 3.05) is 7.11 Å². The second-order valence-corrected chi connectivity index (χ2v) is 10.5. The Morgan fingerprint density at radius 2 is 1.86 bits per heavy atom. The zero-order valence-corrected chi connectivity index (χ0v) is 24.1. The summed E-state index contributed by atoms with van der Waals surface area (Å²) in [7, 11) is 1.52. The molecule has 0 aliphatic heterocycles. The fraction of sp³-hybridized carbons (Fsp3) is 0.222. The molecule has 0 aliphatic rings. The first-order valence-electron chi connectivity index (χ1n) is 11.4. The Labute approximate surface area is 237 Å². The van der Waals surface area contributed by atoms with Crippen LogP contribution in [0.3, 0.4) is 0 Å². The van der Waals surface area contributed by atoms with Crippen LogP contribution in [0.25, 0.3) is 10.9 Å². The van der Waals surface area contributed by atoms with Gasteiger partial charge in [0.15, 0.2) is 11.5 Å². The highest BCUT2D eigenvalue weighted by Gasteiger charge is 2.16. The highest BCUT2D eigenvalue weighted by molar-refractivity contribution is 9.10. The van der Waals surface area contributed by atoms with E-state index in [0.29, 0.717) is 48.9 Å². The summed E-state index contributed by atoms with van der Waals surface area (Å²) < 4.78 is 13.6. The van der Waals surface area contributed by atoms with Gasteiger partial charge in [0.2, 0.25) is 0 Å². The first kappa shape index (κ1) is 27.5. The molecule has 0 spiro atoms. The van der Waals surface area contributed by atoms with Gasteiger partial charge in [0.25, 0.3) is 5.56 Å². The molecule has 0 saturated heterocycles. The summed E-state index contributed by atoms with van der Waals surface area (Å²) in [6.07, 6.45) is 2.35. The van der Waals surface area contributed by atoms with E-state index in [1.54, 1.807) is 36.5 Å². The van der Waals surface area contributed by atoms with E-state index >= 15 is 0 Å². The molecular formula is C27H23BrCl3N3O3. The van der Waals surface area contributed by atoms with Crippen molar-refractivity contribution in [1.82, 2.24) is 9.66 Å². The lowest BCUT2D eigenvalue weighted by molar-refractivity contribution is 0.284. The lowest BCUT2D eigenvalue weighted by atomic mass is 10.1. The summed E-state index contributed by atoms with van der Waals surface area (Å²) >= 11 is 22.1. The van der Waals surface area contributed by atoms with Crippen LogP contribution in [0.5, 0.6) is 11.5 Å². The second kappa shape index (κ2) is 11.9. The standard InChI is InChI=1S/C27H23BrCl3N3O3/c1-4-15(2)26-33-23-8-6-18(28)12-19(23)27(35)34(26)32-13-17-10-22(31)25(24(11-17)36-3)37-14-16-5-7-20(29)21(30)9-16/h5-13,15H,4,14H2,1-3H3/t15-/m1/s1. The molecule has 0 saturated carbocycles. The molecule has 1 heterocycles. The van der Waals surface area contributed by atoms with Crippen molar-refractivity contribution >= 4 is 67.9 Å². The number of aromatic nitrogens is 2. The predicted octanol–water partition coefficient (Wildman–Crippen LogP) is 8.10. The summed E-state index contributed by atoms with van der Waals surface area (Å²) in [5.41, 5.74) is 1.83. The fourth-order valence-electron chi connectivity index (χ4n) is 3.64. The van der Waals surface area contributed by atoms with E-state index in [1.165, 1.54) is 11.8 Å². The van der Waals surface area contributed by atoms with Gasteiger partial charge in [-0.2, -0.15) is 9.78 Å². The third kappa shape index (κ3) is 6.12. The quantitative estimate of drug-likeness (QED) is 0.186. The minimum atomic E-state index is -0.252. The summed E-state index contributed by atoms with van der Waals surface area (Å²) in [6.45, 7) is 4.27. The molecule has 0 aliphatic carbocycles. The first-order valence-corrected chi connectivity index (χ1v) is 13.3. The molecule has 10 heteroatoms. The average molecular weight is 624 g/mol. The van der Waals surface area contributed by atoms with Crippen LogP contribution in [0, 0.1) is 0 Å². The van der Waals surface area contributed by atoms with E-state index in [0.717, 1.165) is 16.5 Å². The molecule has 0 N–H and O–H groups in total. The molecule has 0 bridgehead atoms. The predicted molar refractivity (Wildman–Crippen MR) is 154 cm³/mol. The maximum absolute atomic E-state index is 13.4. The normalized spacial score (nSPS) is 12.3. The Morgan fingerprint density at radius 1 is 1.08 bits per heavy atom. The summed E-state index contributed by atoms with van der Waals surface area (Å²) in [5.74, 6) is 1.40. The molecule has 1 atom stereocenters. The molecule has 3 aromatic carbocycles. The minimum Gasteiger partial charge on any atom is -0.493 e. The maximum Gasteiger partial charge on any atom is 0.282 e. The van der Waals surface area contributed by atoms with Gasteiger partial charge in [0.05, 0.1) is 39.3 Å². The van der Waals surface area contributed by atoms with Gasteiger partial charge in [-0.1, -0.05) is 70.6 Å². The van der Waals surface area contributed by atoms with Crippen LogP contribution in [0.4, 0.5) is 0 Å². The number of ether oxygens (including phenoxy) is 2. The summed E-state index contributed by atoms with van der Waals surface area (Å²) in [5, 5.41) is 6.21. The van der Waals surface area contributed by atoms with Crippen molar-refractivity contribution in [2.24, 2.45) is 5.10 Å². The molecule has 0 fully saturated rings. The van der Waals surface area contributed by atoms with Gasteiger partial charge < -0.3 is 9.47 Å². The topological polar surface area (TPSA) is 65.7 Å². The highest BCUT2D eigenvalue weighted by atomic mass is 79.9. The van der Waals surface area contributed by atoms with Crippen LogP contribution in [0.2, 0.25) is 15.1 Å². The number of rotatable bonds is 8. The lowest BCUT2D eigenvalue weighted by Crippen LogP contribution is -2.23. The van der Waals surface area contributed by atoms with Gasteiger partial charge in [0.1, 0.15) is 12.4 Å². The Balaban J connectivity index is 1.69. The molecule has 6 nitrogen and oxygen atoms in total. The maximum atomic E-state index is 13.4. The van der Waals surface area contributed by atoms with E-state index < -0.39 is 0 Å². The van der Waals surface area contributed by atoms with E-state index in [2.05, 4.69) is 21.0 Å². The van der Waals surface area contributed by atoms with E-state index in [9.17, 15) is 4.79 Å². The molecule has 4 rings (SSSR count). The van der Waals surface area contributed by atoms with Gasteiger partial charge >= 0.3 is 0 Å². The molecule has 0 amide bonds. The second-order valence-electron chi connectivity index (χ2n) is 8.37. The van der Waals surface area contributed by atoms with Crippen molar-refractivity contribution in [3.8, 4) is 11.5 Å². The van der Waals surface area contributed by atoms with Crippen LogP contribution in [-0.4, -0.2) is 23.0 Å². The van der Waals surface area contributed by atoms with Crippen LogP contribution in [0.1, 0.15) is 43.1 Å². The van der Waals surface area contributed by atoms with Gasteiger partial charge in [-0.05, 0) is 60.0 Å². The minimum absolute atomic E-state index is 0.0215. The average Bonchev–Trinajstić information content (AvgIpc) is 2.88. The lowest BCUT2D eigenvalue weighted by Gasteiger charge is -2.15. The number of methoxy groups -OCH3 is 1. The first-order chi connectivity index (χ1) is 17.7. The molecule has 0 unspecified atom stereocenters. The number of fused-ring (bicyclic) bond motifs is 1. The number of hydrogen-bond acceptors (Lipinski definition) is 5. The Kier molecular flexibility index (Phi) is 8.80. The van der Waals surface area contributed by atoms with Crippen LogP contribution >= 0.6 is 50.7 Å². The van der Waals surface area contributed by atoms with E-state index in [4.69, 9.17) is 49.3 Å². The Hall–Kier alpha value is -2.58. The van der Waals surface area contributed by atoms with Gasteiger partial charge in [-0.15, -0.1) is 0 Å². The smallest absolute Gasteiger partial charge is 0.282 e. The summed E-state index contributed by atoms with van der Waals surface area (Å²) in [4.78, 5) is 18.1. The molecule has 4 aromatic rings. The van der Waals surface area contributed by atoms with E-state index in [-0.39, 0.29) is 18.1 Å². The molecule has 192 valence electrons. The number of benzene rings is 3. The van der Waals surface area contributed by atoms with Gasteiger partial charge in [0, 0.05) is 10.4 Å². The van der Waals surface area contributed by atoms with Gasteiger partial charge in [-0.3, -0.25) is 4.79 Å². The van der Waals surface area contributed by atoms with E-state index in [1.807, 2.05) is 32.0 Å². The third-order valence-electron chi connectivity index (χ3n) is 5.83. The molecule has 1 aromatic heterocycles. The van der Waals surface area contributed by atoms with Crippen molar-refractivity contribution in [2.45, 2.75) is 32.8 Å². The monoisotopic (exact) mass is 621 g/mol. The molecule has 37 heavy (non-hydrogen) atoms.